The standard InChI is InChI=1S/C7H4Cl2O.H4N2/c8-6-3-1-5(2-4-6)7(9)10;1-2/h1-4H;1-2H2. The molecule has 0 unspecified atom stereocenters. The summed E-state index contributed by atoms with van der Waals surface area (Å²) < 4.78 is 0. The molecule has 0 aromatic heterocycles. The molecular weight excluding hydrogens is 199 g/mol. The van der Waals surface area contributed by atoms with Crippen LogP contribution in [0.4, 0.5) is 0 Å². The van der Waals surface area contributed by atoms with Crippen LogP contribution in [0.5, 0.6) is 0 Å². The average molecular weight is 207 g/mol. The summed E-state index contributed by atoms with van der Waals surface area (Å²) in [6.07, 6.45) is 0. The minimum atomic E-state index is -0.461. The van der Waals surface area contributed by atoms with Crippen molar-refractivity contribution in [2.24, 2.45) is 11.7 Å². The number of halogens is 2. The van der Waals surface area contributed by atoms with E-state index in [9.17, 15) is 4.79 Å². The van der Waals surface area contributed by atoms with Crippen LogP contribution in [0.3, 0.4) is 0 Å². The average Bonchev–Trinajstić information content (AvgIpc) is 2.09. The summed E-state index contributed by atoms with van der Waals surface area (Å²) in [5.41, 5.74) is 0.464. The van der Waals surface area contributed by atoms with Gasteiger partial charge in [-0.2, -0.15) is 0 Å². The van der Waals surface area contributed by atoms with E-state index in [1.807, 2.05) is 0 Å². The molecule has 0 atom stereocenters. The molecular formula is C7H8Cl2N2O. The summed E-state index contributed by atoms with van der Waals surface area (Å²) in [6, 6.07) is 6.41. The molecule has 66 valence electrons. The van der Waals surface area contributed by atoms with Crippen LogP contribution in [0.25, 0.3) is 0 Å². The van der Waals surface area contributed by atoms with Gasteiger partial charge in [0.05, 0.1) is 0 Å². The summed E-state index contributed by atoms with van der Waals surface area (Å²) in [7, 11) is 0. The largest absolute Gasteiger partial charge is 0.276 e. The number of benzene rings is 1. The molecule has 4 N–H and O–H groups in total. The number of hydrazine groups is 1. The summed E-state index contributed by atoms with van der Waals surface area (Å²) in [5.74, 6) is 8.00. The second-order valence-electron chi connectivity index (χ2n) is 1.78. The van der Waals surface area contributed by atoms with E-state index in [2.05, 4.69) is 11.7 Å². The second-order valence-corrected chi connectivity index (χ2v) is 2.56. The van der Waals surface area contributed by atoms with Crippen LogP contribution in [0, 0.1) is 0 Å². The first kappa shape index (κ1) is 11.4. The van der Waals surface area contributed by atoms with Gasteiger partial charge in [-0.05, 0) is 35.9 Å². The first-order valence-electron chi connectivity index (χ1n) is 2.99. The fourth-order valence-corrected chi connectivity index (χ4v) is 0.833. The van der Waals surface area contributed by atoms with Gasteiger partial charge in [0, 0.05) is 10.6 Å². The monoisotopic (exact) mass is 206 g/mol. The molecule has 1 rings (SSSR count). The van der Waals surface area contributed by atoms with Crippen molar-refractivity contribution < 1.29 is 4.79 Å². The fourth-order valence-electron chi connectivity index (χ4n) is 0.581. The lowest BCUT2D eigenvalue weighted by Gasteiger charge is -1.91. The first-order chi connectivity index (χ1) is 5.70. The van der Waals surface area contributed by atoms with Crippen molar-refractivity contribution in [3.05, 3.63) is 34.9 Å². The third-order valence-electron chi connectivity index (χ3n) is 1.07. The van der Waals surface area contributed by atoms with Gasteiger partial charge >= 0.3 is 0 Å². The van der Waals surface area contributed by atoms with Crippen molar-refractivity contribution >= 4 is 28.4 Å². The number of carbonyl (C=O) groups excluding carboxylic acids is 1. The summed E-state index contributed by atoms with van der Waals surface area (Å²) in [5, 5.41) is 0.137. The Kier molecular flexibility index (Phi) is 5.66. The van der Waals surface area contributed by atoms with Crippen molar-refractivity contribution in [2.75, 3.05) is 0 Å². The fraction of sp³-hybridized carbons (Fsp3) is 0. The maximum Gasteiger partial charge on any atom is 0.252 e. The molecule has 3 nitrogen and oxygen atoms in total. The molecule has 0 aliphatic rings. The zero-order valence-corrected chi connectivity index (χ0v) is 7.64. The third-order valence-corrected chi connectivity index (χ3v) is 1.54. The summed E-state index contributed by atoms with van der Waals surface area (Å²) in [4.78, 5) is 10.5. The quantitative estimate of drug-likeness (QED) is 0.416. The van der Waals surface area contributed by atoms with Crippen molar-refractivity contribution in [1.29, 1.82) is 0 Å². The highest BCUT2D eigenvalue weighted by Gasteiger charge is 1.98. The maximum absolute atomic E-state index is 10.5. The molecule has 0 saturated carbocycles. The predicted octanol–water partition coefficient (Wildman–Crippen LogP) is 1.54. The predicted molar refractivity (Wildman–Crippen MR) is 50.0 cm³/mol. The van der Waals surface area contributed by atoms with Gasteiger partial charge in [-0.25, -0.2) is 0 Å². The number of nitrogens with two attached hydrogens (primary N) is 2. The minimum absolute atomic E-state index is 0.461. The Labute approximate surface area is 80.2 Å². The van der Waals surface area contributed by atoms with Crippen LogP contribution >= 0.6 is 23.2 Å². The van der Waals surface area contributed by atoms with E-state index in [1.54, 1.807) is 24.3 Å². The van der Waals surface area contributed by atoms with Gasteiger partial charge in [-0.15, -0.1) is 0 Å². The SMILES string of the molecule is NN.O=C(Cl)c1ccc(Cl)cc1. The number of hydrogen-bond acceptors (Lipinski definition) is 3. The van der Waals surface area contributed by atoms with Crippen LogP contribution in [-0.2, 0) is 0 Å². The second kappa shape index (κ2) is 5.97. The van der Waals surface area contributed by atoms with E-state index in [0.29, 0.717) is 10.6 Å². The van der Waals surface area contributed by atoms with E-state index >= 15 is 0 Å². The van der Waals surface area contributed by atoms with Crippen LogP contribution in [0.15, 0.2) is 24.3 Å². The molecule has 0 radical (unpaired) electrons. The number of carbonyl (C=O) groups is 1. The minimum Gasteiger partial charge on any atom is -0.276 e. The zero-order chi connectivity index (χ0) is 9.56. The molecule has 0 amide bonds. The Morgan fingerprint density at radius 3 is 1.92 bits per heavy atom. The molecule has 0 bridgehead atoms. The van der Waals surface area contributed by atoms with E-state index < -0.39 is 5.24 Å². The molecule has 0 fully saturated rings. The highest BCUT2D eigenvalue weighted by atomic mass is 35.5. The molecule has 1 aromatic carbocycles. The zero-order valence-electron chi connectivity index (χ0n) is 6.13. The Hall–Kier alpha value is -0.610. The summed E-state index contributed by atoms with van der Waals surface area (Å²) >= 11 is 10.7. The van der Waals surface area contributed by atoms with Crippen molar-refractivity contribution in [1.82, 2.24) is 0 Å². The summed E-state index contributed by atoms with van der Waals surface area (Å²) in [6.45, 7) is 0. The number of hydrogen-bond donors (Lipinski definition) is 2. The normalized spacial score (nSPS) is 8.33. The van der Waals surface area contributed by atoms with Gasteiger partial charge in [-0.3, -0.25) is 16.5 Å². The van der Waals surface area contributed by atoms with E-state index in [4.69, 9.17) is 23.2 Å². The lowest BCUT2D eigenvalue weighted by molar-refractivity contribution is 0.108. The lowest BCUT2D eigenvalue weighted by Crippen LogP contribution is -2.02. The Morgan fingerprint density at radius 2 is 1.58 bits per heavy atom. The Morgan fingerprint density at radius 1 is 1.17 bits per heavy atom. The van der Waals surface area contributed by atoms with Crippen LogP contribution in [0.1, 0.15) is 10.4 Å². The van der Waals surface area contributed by atoms with E-state index in [-0.39, 0.29) is 0 Å². The maximum atomic E-state index is 10.5. The van der Waals surface area contributed by atoms with Crippen LogP contribution in [0.2, 0.25) is 5.02 Å². The van der Waals surface area contributed by atoms with Crippen molar-refractivity contribution in [3.63, 3.8) is 0 Å². The lowest BCUT2D eigenvalue weighted by atomic mass is 10.2. The van der Waals surface area contributed by atoms with Gasteiger partial charge in [0.2, 0.25) is 0 Å². The topological polar surface area (TPSA) is 69.1 Å². The molecule has 0 spiro atoms. The first-order valence-corrected chi connectivity index (χ1v) is 3.74. The van der Waals surface area contributed by atoms with Crippen molar-refractivity contribution in [2.45, 2.75) is 0 Å². The van der Waals surface area contributed by atoms with Crippen LogP contribution in [-0.4, -0.2) is 5.24 Å². The smallest absolute Gasteiger partial charge is 0.252 e. The molecule has 0 saturated heterocycles. The van der Waals surface area contributed by atoms with Gasteiger partial charge in [0.25, 0.3) is 5.24 Å². The molecule has 0 aliphatic carbocycles. The van der Waals surface area contributed by atoms with Gasteiger partial charge in [0.15, 0.2) is 0 Å². The Bertz CT molecular complexity index is 248. The molecule has 0 aliphatic heterocycles. The highest BCUT2D eigenvalue weighted by molar-refractivity contribution is 6.67. The highest BCUT2D eigenvalue weighted by Crippen LogP contribution is 2.10. The molecule has 0 heterocycles. The third kappa shape index (κ3) is 3.69. The molecule has 1 aromatic rings. The Balaban J connectivity index is 0.000000561. The van der Waals surface area contributed by atoms with Gasteiger partial charge in [-0.1, -0.05) is 11.6 Å². The molecule has 5 heteroatoms. The van der Waals surface area contributed by atoms with E-state index in [0.717, 1.165) is 0 Å². The van der Waals surface area contributed by atoms with Crippen LogP contribution < -0.4 is 11.7 Å². The number of rotatable bonds is 1. The van der Waals surface area contributed by atoms with Gasteiger partial charge < -0.3 is 0 Å². The van der Waals surface area contributed by atoms with E-state index in [1.165, 1.54) is 0 Å². The molecule has 12 heavy (non-hydrogen) atoms. The van der Waals surface area contributed by atoms with Crippen molar-refractivity contribution in [3.8, 4) is 0 Å². The van der Waals surface area contributed by atoms with Gasteiger partial charge in [0.1, 0.15) is 0 Å².